The number of halogens is 3. The van der Waals surface area contributed by atoms with Crippen LogP contribution >= 0.6 is 0 Å². The molecule has 1 aromatic carbocycles. The fourth-order valence-corrected chi connectivity index (χ4v) is 9.02. The van der Waals surface area contributed by atoms with Crippen LogP contribution in [0.2, 0.25) is 25.7 Å². The quantitative estimate of drug-likeness (QED) is 0.118. The fourth-order valence-electron chi connectivity index (χ4n) is 8.26. The Morgan fingerprint density at radius 1 is 1.02 bits per heavy atom. The Kier molecular flexibility index (Phi) is 9.11. The number of alkyl halides is 3. The van der Waals surface area contributed by atoms with Gasteiger partial charge < -0.3 is 29.1 Å². The smallest absolute Gasteiger partial charge is 0.383 e. The molecule has 13 heteroatoms. The number of ether oxygens (including phenoxy) is 3. The largest absolute Gasteiger partial charge is 0.416 e. The SMILES string of the molecule is CC1(C)O[C@@H]2[C@@H](CCCC3CC(Cc4nc5cc(C(F)(F)F)ccc5n4COCC[Si](C)(C)C)C3)C[C@@H](n3ccc4c(N)ncnc43)[C@@H]2O1. The molecular formula is C36H49F3N6O3Si. The third-order valence-corrected chi connectivity index (χ3v) is 12.5. The molecule has 2 N–H and O–H groups in total. The summed E-state index contributed by atoms with van der Waals surface area (Å²) in [5, 5.41) is 0.858. The number of hydrogen-bond acceptors (Lipinski definition) is 7. The molecule has 1 saturated heterocycles. The number of fused-ring (bicyclic) bond motifs is 3. The van der Waals surface area contributed by atoms with E-state index in [9.17, 15) is 13.2 Å². The first-order chi connectivity index (χ1) is 23.1. The van der Waals surface area contributed by atoms with Gasteiger partial charge in [-0.25, -0.2) is 15.0 Å². The highest BCUT2D eigenvalue weighted by molar-refractivity contribution is 6.76. The minimum Gasteiger partial charge on any atom is -0.383 e. The normalized spacial score (nSPS) is 26.9. The van der Waals surface area contributed by atoms with Crippen molar-refractivity contribution < 1.29 is 27.4 Å². The van der Waals surface area contributed by atoms with Crippen molar-refractivity contribution in [1.29, 1.82) is 0 Å². The van der Waals surface area contributed by atoms with Crippen molar-refractivity contribution in [2.75, 3.05) is 12.3 Å². The maximum Gasteiger partial charge on any atom is 0.416 e. The van der Waals surface area contributed by atoms with Crippen LogP contribution in [0, 0.1) is 17.8 Å². The number of hydrogen-bond donors (Lipinski definition) is 1. The van der Waals surface area contributed by atoms with Gasteiger partial charge in [0, 0.05) is 27.3 Å². The number of rotatable bonds is 12. The Balaban J connectivity index is 0.960. The first-order valence-electron chi connectivity index (χ1n) is 17.7. The van der Waals surface area contributed by atoms with Gasteiger partial charge in [-0.3, -0.25) is 0 Å². The fraction of sp³-hybridized carbons (Fsp3) is 0.639. The van der Waals surface area contributed by atoms with E-state index >= 15 is 0 Å². The molecular weight excluding hydrogens is 650 g/mol. The molecule has 2 aliphatic carbocycles. The van der Waals surface area contributed by atoms with Crippen LogP contribution in [0.3, 0.4) is 0 Å². The number of benzene rings is 1. The number of nitrogens with zero attached hydrogens (tertiary/aromatic N) is 5. The van der Waals surface area contributed by atoms with E-state index in [2.05, 4.69) is 34.2 Å². The van der Waals surface area contributed by atoms with Crippen LogP contribution in [0.1, 0.15) is 69.8 Å². The predicted molar refractivity (Wildman–Crippen MR) is 186 cm³/mol. The second-order valence-corrected chi connectivity index (χ2v) is 21.8. The second-order valence-electron chi connectivity index (χ2n) is 16.2. The lowest BCUT2D eigenvalue weighted by molar-refractivity contribution is -0.160. The highest BCUT2D eigenvalue weighted by Crippen LogP contribution is 2.50. The van der Waals surface area contributed by atoms with Gasteiger partial charge in [0.05, 0.1) is 34.1 Å². The molecule has 0 spiro atoms. The van der Waals surface area contributed by atoms with Crippen molar-refractivity contribution in [3.8, 4) is 0 Å². The van der Waals surface area contributed by atoms with E-state index < -0.39 is 25.6 Å². The third-order valence-electron chi connectivity index (χ3n) is 10.8. The van der Waals surface area contributed by atoms with Gasteiger partial charge in [-0.15, -0.1) is 0 Å². The molecule has 4 aromatic rings. The molecule has 0 amide bonds. The summed E-state index contributed by atoms with van der Waals surface area (Å²) in [4.78, 5) is 13.4. The highest BCUT2D eigenvalue weighted by atomic mass is 28.3. The lowest BCUT2D eigenvalue weighted by Crippen LogP contribution is -2.28. The van der Waals surface area contributed by atoms with Gasteiger partial charge in [0.15, 0.2) is 5.79 Å². The van der Waals surface area contributed by atoms with Crippen molar-refractivity contribution in [2.24, 2.45) is 17.8 Å². The third kappa shape index (κ3) is 7.27. The van der Waals surface area contributed by atoms with E-state index in [-0.39, 0.29) is 18.2 Å². The molecule has 4 atom stereocenters. The van der Waals surface area contributed by atoms with Crippen LogP contribution in [0.15, 0.2) is 36.8 Å². The van der Waals surface area contributed by atoms with Gasteiger partial charge in [0.2, 0.25) is 0 Å². The van der Waals surface area contributed by atoms with Gasteiger partial charge in [0.1, 0.15) is 36.5 Å². The van der Waals surface area contributed by atoms with Crippen molar-refractivity contribution in [3.63, 3.8) is 0 Å². The zero-order valence-corrected chi connectivity index (χ0v) is 30.2. The Bertz CT molecular complexity index is 1790. The molecule has 3 aromatic heterocycles. The van der Waals surface area contributed by atoms with Gasteiger partial charge in [-0.05, 0) is 87.6 Å². The lowest BCUT2D eigenvalue weighted by Gasteiger charge is -2.35. The van der Waals surface area contributed by atoms with Crippen molar-refractivity contribution in [3.05, 3.63) is 48.2 Å². The maximum absolute atomic E-state index is 13.5. The molecule has 3 aliphatic rings. The summed E-state index contributed by atoms with van der Waals surface area (Å²) < 4.78 is 63.6. The summed E-state index contributed by atoms with van der Waals surface area (Å²) in [6, 6.07) is 6.99. The van der Waals surface area contributed by atoms with Gasteiger partial charge in [-0.1, -0.05) is 32.5 Å². The summed E-state index contributed by atoms with van der Waals surface area (Å²) in [7, 11) is -1.26. The van der Waals surface area contributed by atoms with Crippen LogP contribution in [-0.2, 0) is 33.5 Å². The number of aromatic nitrogens is 5. The summed E-state index contributed by atoms with van der Waals surface area (Å²) in [6.07, 6.45) is 6.40. The topological polar surface area (TPSA) is 102 Å². The molecule has 9 nitrogen and oxygen atoms in total. The molecule has 2 saturated carbocycles. The van der Waals surface area contributed by atoms with Crippen LogP contribution in [-0.4, -0.2) is 56.8 Å². The average Bonchev–Trinajstić information content (AvgIpc) is 3.73. The van der Waals surface area contributed by atoms with E-state index in [1.807, 2.05) is 30.7 Å². The first kappa shape index (κ1) is 34.4. The van der Waals surface area contributed by atoms with Crippen LogP contribution in [0.25, 0.3) is 22.1 Å². The minimum atomic E-state index is -4.40. The Hall–Kier alpha value is -3.00. The molecule has 266 valence electrons. The zero-order chi connectivity index (χ0) is 34.7. The highest BCUT2D eigenvalue weighted by Gasteiger charge is 2.54. The number of imidazole rings is 1. The average molecular weight is 699 g/mol. The summed E-state index contributed by atoms with van der Waals surface area (Å²) >= 11 is 0. The molecule has 49 heavy (non-hydrogen) atoms. The molecule has 3 fully saturated rings. The summed E-state index contributed by atoms with van der Waals surface area (Å²) in [5.41, 5.74) is 7.37. The zero-order valence-electron chi connectivity index (χ0n) is 29.2. The maximum atomic E-state index is 13.5. The van der Waals surface area contributed by atoms with Crippen molar-refractivity contribution in [2.45, 2.75) is 121 Å². The lowest BCUT2D eigenvalue weighted by atomic mass is 9.71. The van der Waals surface area contributed by atoms with Crippen LogP contribution < -0.4 is 5.73 Å². The second kappa shape index (κ2) is 13.0. The Labute approximate surface area is 286 Å². The van der Waals surface area contributed by atoms with E-state index in [4.69, 9.17) is 24.9 Å². The molecule has 0 bridgehead atoms. The van der Waals surface area contributed by atoms with Crippen LogP contribution in [0.4, 0.5) is 19.0 Å². The summed E-state index contributed by atoms with van der Waals surface area (Å²) in [6.45, 7) is 11.8. The molecule has 0 unspecified atom stereocenters. The van der Waals surface area contributed by atoms with Crippen molar-refractivity contribution >= 4 is 36.0 Å². The number of anilines is 1. The molecule has 1 aliphatic heterocycles. The number of nitrogen functional groups attached to an aromatic ring is 1. The van der Waals surface area contributed by atoms with E-state index in [1.54, 1.807) is 6.07 Å². The number of nitrogens with two attached hydrogens (primary N) is 1. The van der Waals surface area contributed by atoms with E-state index in [0.29, 0.717) is 47.9 Å². The standard InChI is InChI=1S/C36H49F3N6O3Si/c1-35(2)47-31-24(18-29(32(31)48-35)44-12-11-26-33(40)41-20-42-34(26)44)8-6-7-22-15-23(16-22)17-30-43-27-19-25(36(37,38)39)9-10-28(27)45(30)21-46-13-14-49(3,4)5/h9-12,19-20,22-24,29,31-32H,6-8,13-18,21H2,1-5H3,(H2,40,41,42)/t22?,23?,24-,29+,31+,32-/m0/s1. The van der Waals surface area contributed by atoms with Crippen LogP contribution in [0.5, 0.6) is 0 Å². The molecule has 0 radical (unpaired) electrons. The predicted octanol–water partition coefficient (Wildman–Crippen LogP) is 8.21. The molecule has 4 heterocycles. The first-order valence-corrected chi connectivity index (χ1v) is 21.4. The monoisotopic (exact) mass is 698 g/mol. The van der Waals surface area contributed by atoms with Gasteiger partial charge in [0.25, 0.3) is 0 Å². The van der Waals surface area contributed by atoms with E-state index in [0.717, 1.165) is 73.9 Å². The summed E-state index contributed by atoms with van der Waals surface area (Å²) in [5.74, 6) is 2.16. The van der Waals surface area contributed by atoms with Crippen molar-refractivity contribution in [1.82, 2.24) is 24.1 Å². The molecule has 7 rings (SSSR count). The minimum absolute atomic E-state index is 0.0320. The Morgan fingerprint density at radius 3 is 2.55 bits per heavy atom. The van der Waals surface area contributed by atoms with Gasteiger partial charge >= 0.3 is 6.18 Å². The van der Waals surface area contributed by atoms with E-state index in [1.165, 1.54) is 12.4 Å². The van der Waals surface area contributed by atoms with Gasteiger partial charge in [-0.2, -0.15) is 13.2 Å². The Morgan fingerprint density at radius 2 is 1.80 bits per heavy atom.